The molecule has 3 aromatic rings. The minimum atomic E-state index is -3.75. The maximum Gasteiger partial charge on any atom is 0.256 e. The molecule has 2 heterocycles. The van der Waals surface area contributed by atoms with Crippen molar-refractivity contribution in [2.75, 3.05) is 56.5 Å². The number of carbonyl (C=O) groups is 1. The van der Waals surface area contributed by atoms with Crippen molar-refractivity contribution in [1.29, 1.82) is 0 Å². The number of nitrogens with zero attached hydrogens (tertiary/aromatic N) is 3. The Morgan fingerprint density at radius 3 is 2.42 bits per heavy atom. The molecule has 0 atom stereocenters. The summed E-state index contributed by atoms with van der Waals surface area (Å²) in [5.74, 6) is -0.527. The zero-order chi connectivity index (χ0) is 26.0. The average molecular weight is 532 g/mol. The average Bonchev–Trinajstić information content (AvgIpc) is 2.84. The monoisotopic (exact) mass is 531 g/mol. The molecule has 1 amide bonds. The molecule has 0 saturated carbocycles. The number of pyridine rings is 1. The second kappa shape index (κ2) is 10.6. The van der Waals surface area contributed by atoms with Crippen LogP contribution in [-0.2, 0) is 10.0 Å². The molecule has 0 spiro atoms. The fourth-order valence-electron chi connectivity index (χ4n) is 4.41. The van der Waals surface area contributed by atoms with E-state index in [1.165, 1.54) is 28.6 Å². The Balaban J connectivity index is 1.75. The maximum absolute atomic E-state index is 13.5. The fourth-order valence-corrected chi connectivity index (χ4v) is 6.07. The van der Waals surface area contributed by atoms with Crippen molar-refractivity contribution in [1.82, 2.24) is 14.2 Å². The number of H-pyrrole nitrogens is 1. The van der Waals surface area contributed by atoms with Crippen molar-refractivity contribution in [3.63, 3.8) is 0 Å². The number of anilines is 2. The van der Waals surface area contributed by atoms with Crippen molar-refractivity contribution in [3.8, 4) is 0 Å². The lowest BCUT2D eigenvalue weighted by Crippen LogP contribution is -2.44. The zero-order valence-electron chi connectivity index (χ0n) is 20.5. The number of likely N-dealkylation sites (N-methyl/N-ethyl adjacent to an activating group) is 1. The van der Waals surface area contributed by atoms with E-state index in [1.54, 1.807) is 26.0 Å². The van der Waals surface area contributed by atoms with Gasteiger partial charge >= 0.3 is 0 Å². The van der Waals surface area contributed by atoms with Crippen LogP contribution in [0.25, 0.3) is 10.9 Å². The van der Waals surface area contributed by atoms with Crippen LogP contribution in [0.5, 0.6) is 0 Å². The van der Waals surface area contributed by atoms with Gasteiger partial charge < -0.3 is 20.1 Å². The van der Waals surface area contributed by atoms with Gasteiger partial charge in [-0.15, -0.1) is 0 Å². The molecule has 0 aliphatic carbocycles. The highest BCUT2D eigenvalue weighted by Gasteiger charge is 2.24. The molecule has 11 heteroatoms. The molecule has 9 nitrogen and oxygen atoms in total. The van der Waals surface area contributed by atoms with E-state index in [0.29, 0.717) is 34.7 Å². The minimum Gasteiger partial charge on any atom is -0.367 e. The van der Waals surface area contributed by atoms with Gasteiger partial charge in [0, 0.05) is 61.3 Å². The zero-order valence-corrected chi connectivity index (χ0v) is 22.1. The highest BCUT2D eigenvalue weighted by molar-refractivity contribution is 7.89. The lowest BCUT2D eigenvalue weighted by Gasteiger charge is -2.35. The Morgan fingerprint density at radius 1 is 1.06 bits per heavy atom. The molecule has 36 heavy (non-hydrogen) atoms. The predicted molar refractivity (Wildman–Crippen MR) is 144 cm³/mol. The summed E-state index contributed by atoms with van der Waals surface area (Å²) < 4.78 is 27.5. The van der Waals surface area contributed by atoms with Gasteiger partial charge in [-0.05, 0) is 43.4 Å². The van der Waals surface area contributed by atoms with Crippen LogP contribution in [0.3, 0.4) is 0 Å². The molecule has 192 valence electrons. The van der Waals surface area contributed by atoms with Crippen LogP contribution in [0.1, 0.15) is 24.2 Å². The smallest absolute Gasteiger partial charge is 0.256 e. The topological polar surface area (TPSA) is 106 Å². The summed E-state index contributed by atoms with van der Waals surface area (Å²) in [4.78, 5) is 33.0. The van der Waals surface area contributed by atoms with Gasteiger partial charge in [0.25, 0.3) is 5.91 Å². The standard InChI is InChI=1S/C25H30ClN5O4S/c1-4-31(5-2)36(34,35)18-7-8-21-19(15-18)20(16-24(32)27-21)25(33)28-22-14-17(26)6-9-23(22)30-12-10-29(3)11-13-30/h6-9,14-16H,4-5,10-13H2,1-3H3,(H,27,32)(H,28,33). The number of rotatable bonds is 7. The summed E-state index contributed by atoms with van der Waals surface area (Å²) in [6.45, 7) is 7.53. The van der Waals surface area contributed by atoms with E-state index >= 15 is 0 Å². The van der Waals surface area contributed by atoms with Crippen LogP contribution in [0.2, 0.25) is 5.02 Å². The number of sulfonamides is 1. The van der Waals surface area contributed by atoms with Crippen LogP contribution >= 0.6 is 11.6 Å². The van der Waals surface area contributed by atoms with Crippen LogP contribution in [0.15, 0.2) is 52.2 Å². The van der Waals surface area contributed by atoms with Gasteiger partial charge in [0.1, 0.15) is 0 Å². The second-order valence-electron chi connectivity index (χ2n) is 8.75. The van der Waals surface area contributed by atoms with Crippen molar-refractivity contribution in [2.45, 2.75) is 18.7 Å². The molecule has 0 unspecified atom stereocenters. The van der Waals surface area contributed by atoms with Gasteiger partial charge in [0.15, 0.2) is 0 Å². The van der Waals surface area contributed by atoms with E-state index in [0.717, 1.165) is 31.9 Å². The summed E-state index contributed by atoms with van der Waals surface area (Å²) in [6.07, 6.45) is 0. The molecule has 1 saturated heterocycles. The highest BCUT2D eigenvalue weighted by Crippen LogP contribution is 2.31. The van der Waals surface area contributed by atoms with Crippen molar-refractivity contribution in [3.05, 3.63) is 63.4 Å². The first-order valence-corrected chi connectivity index (χ1v) is 13.7. The molecule has 1 fully saturated rings. The summed E-state index contributed by atoms with van der Waals surface area (Å²) in [5, 5.41) is 3.71. The molecular weight excluding hydrogens is 502 g/mol. The first kappa shape index (κ1) is 26.2. The van der Waals surface area contributed by atoms with Crippen molar-refractivity contribution in [2.24, 2.45) is 0 Å². The Kier molecular flexibility index (Phi) is 7.70. The first-order valence-electron chi connectivity index (χ1n) is 11.9. The molecule has 0 bridgehead atoms. The maximum atomic E-state index is 13.5. The summed E-state index contributed by atoms with van der Waals surface area (Å²) in [7, 11) is -1.69. The van der Waals surface area contributed by atoms with Gasteiger partial charge in [-0.3, -0.25) is 9.59 Å². The lowest BCUT2D eigenvalue weighted by atomic mass is 10.1. The quantitative estimate of drug-likeness (QED) is 0.485. The van der Waals surface area contributed by atoms with E-state index in [9.17, 15) is 18.0 Å². The molecule has 4 rings (SSSR count). The number of halogens is 1. The largest absolute Gasteiger partial charge is 0.367 e. The molecule has 0 radical (unpaired) electrons. The van der Waals surface area contributed by atoms with Gasteiger partial charge in [-0.1, -0.05) is 25.4 Å². The van der Waals surface area contributed by atoms with E-state index in [4.69, 9.17) is 11.6 Å². The van der Waals surface area contributed by atoms with Gasteiger partial charge in [-0.2, -0.15) is 4.31 Å². The summed E-state index contributed by atoms with van der Waals surface area (Å²) >= 11 is 6.25. The number of fused-ring (bicyclic) bond motifs is 1. The number of piperazine rings is 1. The first-order chi connectivity index (χ1) is 17.1. The number of nitrogens with one attached hydrogen (secondary N) is 2. The van der Waals surface area contributed by atoms with Crippen LogP contribution in [0, 0.1) is 0 Å². The number of aromatic nitrogens is 1. The summed E-state index contributed by atoms with van der Waals surface area (Å²) in [5.41, 5.74) is 1.35. The van der Waals surface area contributed by atoms with Crippen LogP contribution in [-0.4, -0.2) is 74.8 Å². The van der Waals surface area contributed by atoms with Crippen molar-refractivity contribution < 1.29 is 13.2 Å². The number of hydrogen-bond acceptors (Lipinski definition) is 6. The molecule has 2 aromatic carbocycles. The Morgan fingerprint density at radius 2 is 1.75 bits per heavy atom. The fraction of sp³-hybridized carbons (Fsp3) is 0.360. The molecular formula is C25H30ClN5O4S. The van der Waals surface area contributed by atoms with E-state index in [2.05, 4.69) is 27.1 Å². The number of hydrogen-bond donors (Lipinski definition) is 2. The summed E-state index contributed by atoms with van der Waals surface area (Å²) in [6, 6.07) is 10.9. The number of benzene rings is 2. The molecule has 1 aromatic heterocycles. The minimum absolute atomic E-state index is 0.0562. The molecule has 1 aliphatic rings. The van der Waals surface area contributed by atoms with Crippen LogP contribution < -0.4 is 15.8 Å². The predicted octanol–water partition coefficient (Wildman–Crippen LogP) is 3.22. The third-order valence-corrected chi connectivity index (χ3v) is 8.73. The van der Waals surface area contributed by atoms with E-state index < -0.39 is 21.5 Å². The van der Waals surface area contributed by atoms with Gasteiger partial charge in [0.05, 0.1) is 21.8 Å². The van der Waals surface area contributed by atoms with Crippen molar-refractivity contribution >= 4 is 49.8 Å². The normalized spacial score (nSPS) is 15.0. The lowest BCUT2D eigenvalue weighted by molar-refractivity contribution is 0.102. The third kappa shape index (κ3) is 5.27. The van der Waals surface area contributed by atoms with E-state index in [1.807, 2.05) is 6.07 Å². The Hall–Kier alpha value is -2.92. The third-order valence-electron chi connectivity index (χ3n) is 6.45. The SMILES string of the molecule is CCN(CC)S(=O)(=O)c1ccc2[nH]c(=O)cc(C(=O)Nc3cc(Cl)ccc3N3CCN(C)CC3)c2c1. The number of aromatic amines is 1. The number of amides is 1. The van der Waals surface area contributed by atoms with E-state index in [-0.39, 0.29) is 10.5 Å². The molecule has 2 N–H and O–H groups in total. The van der Waals surface area contributed by atoms with Gasteiger partial charge in [0.2, 0.25) is 15.6 Å². The second-order valence-corrected chi connectivity index (χ2v) is 11.1. The van der Waals surface area contributed by atoms with Gasteiger partial charge in [-0.25, -0.2) is 8.42 Å². The Labute approximate surface area is 215 Å². The van der Waals surface area contributed by atoms with Crippen LogP contribution in [0.4, 0.5) is 11.4 Å². The number of carbonyl (C=O) groups excluding carboxylic acids is 1. The Bertz CT molecular complexity index is 1440. The highest BCUT2D eigenvalue weighted by atomic mass is 35.5. The molecule has 1 aliphatic heterocycles.